The Morgan fingerprint density at radius 1 is 0.875 bits per heavy atom. The molecule has 1 aromatic rings. The molecule has 0 saturated heterocycles. The molecule has 1 rings (SSSR count). The number of hydrogen-bond donors (Lipinski definition) is 2. The van der Waals surface area contributed by atoms with Gasteiger partial charge in [0.15, 0.2) is 5.11 Å². The van der Waals surface area contributed by atoms with Crippen LogP contribution < -0.4 is 15.4 Å². The van der Waals surface area contributed by atoms with Gasteiger partial charge in [0.1, 0.15) is 5.75 Å². The smallest absolute Gasteiger partial charge is 0.170 e. The lowest BCUT2D eigenvalue weighted by Crippen LogP contribution is -2.29. The van der Waals surface area contributed by atoms with Crippen LogP contribution in [-0.4, -0.2) is 18.8 Å². The van der Waals surface area contributed by atoms with Crippen LogP contribution in [0, 0.1) is 0 Å². The molecule has 0 aliphatic heterocycles. The predicted molar refractivity (Wildman–Crippen MR) is 109 cm³/mol. The first-order valence-corrected chi connectivity index (χ1v) is 9.86. The number of benzene rings is 1. The highest BCUT2D eigenvalue weighted by molar-refractivity contribution is 7.80. The van der Waals surface area contributed by atoms with Gasteiger partial charge in [-0.05, 0) is 42.9 Å². The third-order valence-electron chi connectivity index (χ3n) is 4.16. The fourth-order valence-electron chi connectivity index (χ4n) is 2.66. The van der Waals surface area contributed by atoms with Gasteiger partial charge >= 0.3 is 0 Å². The van der Waals surface area contributed by atoms with Gasteiger partial charge in [-0.2, -0.15) is 0 Å². The molecule has 0 bridgehead atoms. The van der Waals surface area contributed by atoms with Crippen molar-refractivity contribution < 1.29 is 4.74 Å². The van der Waals surface area contributed by atoms with E-state index >= 15 is 0 Å². The quantitative estimate of drug-likeness (QED) is 0.343. The molecule has 1 aromatic carbocycles. The number of methoxy groups -OCH3 is 1. The number of nitrogens with one attached hydrogen (secondary N) is 2. The zero-order valence-electron chi connectivity index (χ0n) is 15.4. The summed E-state index contributed by atoms with van der Waals surface area (Å²) in [6.07, 6.45) is 13.6. The Bertz CT molecular complexity index is 434. The van der Waals surface area contributed by atoms with Crippen LogP contribution in [-0.2, 0) is 0 Å². The van der Waals surface area contributed by atoms with Crippen LogP contribution in [0.1, 0.15) is 71.1 Å². The van der Waals surface area contributed by atoms with E-state index in [1.54, 1.807) is 7.11 Å². The Hall–Kier alpha value is -1.29. The molecule has 136 valence electrons. The average molecular weight is 351 g/mol. The van der Waals surface area contributed by atoms with Crippen LogP contribution in [0.2, 0.25) is 0 Å². The fraction of sp³-hybridized carbons (Fsp3) is 0.650. The Balaban J connectivity index is 1.94. The lowest BCUT2D eigenvalue weighted by molar-refractivity contribution is 0.415. The van der Waals surface area contributed by atoms with Crippen LogP contribution in [0.5, 0.6) is 5.75 Å². The topological polar surface area (TPSA) is 33.3 Å². The number of anilines is 1. The van der Waals surface area contributed by atoms with E-state index in [-0.39, 0.29) is 0 Å². The van der Waals surface area contributed by atoms with E-state index in [1.807, 2.05) is 24.3 Å². The average Bonchev–Trinajstić information content (AvgIpc) is 2.60. The molecule has 0 unspecified atom stereocenters. The molecule has 0 amide bonds. The summed E-state index contributed by atoms with van der Waals surface area (Å²) in [5, 5.41) is 7.16. The summed E-state index contributed by atoms with van der Waals surface area (Å²) >= 11 is 5.31. The molecular formula is C20H34N2OS. The minimum atomic E-state index is 0.691. The van der Waals surface area contributed by atoms with Crippen LogP contribution >= 0.6 is 12.2 Å². The number of thiocarbonyl (C=S) groups is 1. The van der Waals surface area contributed by atoms with Crippen molar-refractivity contribution in [2.75, 3.05) is 19.0 Å². The molecule has 0 aliphatic carbocycles. The van der Waals surface area contributed by atoms with Crippen molar-refractivity contribution >= 4 is 23.0 Å². The van der Waals surface area contributed by atoms with Gasteiger partial charge in [-0.1, -0.05) is 64.7 Å². The molecule has 0 radical (unpaired) electrons. The van der Waals surface area contributed by atoms with Crippen LogP contribution in [0.15, 0.2) is 24.3 Å². The molecule has 24 heavy (non-hydrogen) atoms. The SMILES string of the molecule is CCCCCCCCCCCCNC(=S)Nc1ccc(OC)cc1. The second kappa shape index (κ2) is 14.1. The molecule has 4 heteroatoms. The minimum Gasteiger partial charge on any atom is -0.497 e. The van der Waals surface area contributed by atoms with E-state index in [9.17, 15) is 0 Å². The van der Waals surface area contributed by atoms with Gasteiger partial charge in [0.25, 0.3) is 0 Å². The van der Waals surface area contributed by atoms with E-state index in [1.165, 1.54) is 64.2 Å². The molecule has 2 N–H and O–H groups in total. The summed E-state index contributed by atoms with van der Waals surface area (Å²) in [4.78, 5) is 0. The maximum absolute atomic E-state index is 5.31. The minimum absolute atomic E-state index is 0.691. The van der Waals surface area contributed by atoms with Crippen LogP contribution in [0.4, 0.5) is 5.69 Å². The van der Waals surface area contributed by atoms with Gasteiger partial charge in [-0.15, -0.1) is 0 Å². The first kappa shape index (κ1) is 20.8. The van der Waals surface area contributed by atoms with Crippen LogP contribution in [0.25, 0.3) is 0 Å². The van der Waals surface area contributed by atoms with Gasteiger partial charge in [0.05, 0.1) is 7.11 Å². The monoisotopic (exact) mass is 350 g/mol. The van der Waals surface area contributed by atoms with Crippen molar-refractivity contribution in [2.24, 2.45) is 0 Å². The third kappa shape index (κ3) is 10.5. The second-order valence-electron chi connectivity index (χ2n) is 6.29. The first-order valence-electron chi connectivity index (χ1n) is 9.45. The number of ether oxygens (including phenoxy) is 1. The van der Waals surface area contributed by atoms with Crippen molar-refractivity contribution in [1.82, 2.24) is 5.32 Å². The zero-order chi connectivity index (χ0) is 17.5. The summed E-state index contributed by atoms with van der Waals surface area (Å²) in [5.41, 5.74) is 0.983. The van der Waals surface area contributed by atoms with Gasteiger partial charge in [-0.25, -0.2) is 0 Å². The number of unbranched alkanes of at least 4 members (excludes halogenated alkanes) is 9. The van der Waals surface area contributed by atoms with Crippen molar-refractivity contribution in [3.8, 4) is 5.75 Å². The Kier molecular flexibility index (Phi) is 12.2. The first-order chi connectivity index (χ1) is 11.8. The summed E-state index contributed by atoms with van der Waals surface area (Å²) in [7, 11) is 1.67. The molecule has 0 spiro atoms. The Labute approximate surface area is 153 Å². The van der Waals surface area contributed by atoms with Crippen molar-refractivity contribution in [1.29, 1.82) is 0 Å². The maximum Gasteiger partial charge on any atom is 0.170 e. The lowest BCUT2D eigenvalue weighted by atomic mass is 10.1. The number of hydrogen-bond acceptors (Lipinski definition) is 2. The molecular weight excluding hydrogens is 316 g/mol. The zero-order valence-corrected chi connectivity index (χ0v) is 16.2. The Morgan fingerprint density at radius 3 is 1.96 bits per heavy atom. The van der Waals surface area contributed by atoms with Gasteiger partial charge < -0.3 is 15.4 Å². The van der Waals surface area contributed by atoms with Gasteiger partial charge in [-0.3, -0.25) is 0 Å². The van der Waals surface area contributed by atoms with Gasteiger partial charge in [0, 0.05) is 12.2 Å². The molecule has 0 aromatic heterocycles. The standard InChI is InChI=1S/C20H34N2OS/c1-3-4-5-6-7-8-9-10-11-12-17-21-20(24)22-18-13-15-19(23-2)16-14-18/h13-16H,3-12,17H2,1-2H3,(H2,21,22,24). The maximum atomic E-state index is 5.31. The van der Waals surface area contributed by atoms with Crippen molar-refractivity contribution in [2.45, 2.75) is 71.1 Å². The summed E-state index contributed by atoms with van der Waals surface area (Å²) in [6, 6.07) is 7.78. The fourth-order valence-corrected chi connectivity index (χ4v) is 2.88. The third-order valence-corrected chi connectivity index (χ3v) is 4.41. The van der Waals surface area contributed by atoms with E-state index in [2.05, 4.69) is 17.6 Å². The predicted octanol–water partition coefficient (Wildman–Crippen LogP) is 5.90. The normalized spacial score (nSPS) is 10.4. The largest absolute Gasteiger partial charge is 0.497 e. The molecule has 0 atom stereocenters. The highest BCUT2D eigenvalue weighted by Crippen LogP contribution is 2.14. The molecule has 0 heterocycles. The van der Waals surface area contributed by atoms with E-state index in [0.29, 0.717) is 5.11 Å². The van der Waals surface area contributed by atoms with Crippen molar-refractivity contribution in [3.63, 3.8) is 0 Å². The van der Waals surface area contributed by atoms with Crippen molar-refractivity contribution in [3.05, 3.63) is 24.3 Å². The molecule has 0 aliphatic rings. The Morgan fingerprint density at radius 2 is 1.42 bits per heavy atom. The van der Waals surface area contributed by atoms with Gasteiger partial charge in [0.2, 0.25) is 0 Å². The molecule has 0 saturated carbocycles. The molecule has 3 nitrogen and oxygen atoms in total. The second-order valence-corrected chi connectivity index (χ2v) is 6.70. The summed E-state index contributed by atoms with van der Waals surface area (Å²) in [6.45, 7) is 3.21. The van der Waals surface area contributed by atoms with E-state index in [4.69, 9.17) is 17.0 Å². The number of rotatable bonds is 13. The highest BCUT2D eigenvalue weighted by Gasteiger charge is 1.98. The van der Waals surface area contributed by atoms with Crippen LogP contribution in [0.3, 0.4) is 0 Å². The summed E-state index contributed by atoms with van der Waals surface area (Å²) in [5.74, 6) is 0.852. The molecule has 0 fully saturated rings. The van der Waals surface area contributed by atoms with E-state index < -0.39 is 0 Å². The lowest BCUT2D eigenvalue weighted by Gasteiger charge is -2.11. The van der Waals surface area contributed by atoms with E-state index in [0.717, 1.165) is 18.0 Å². The highest BCUT2D eigenvalue weighted by atomic mass is 32.1. The summed E-state index contributed by atoms with van der Waals surface area (Å²) < 4.78 is 5.14.